The summed E-state index contributed by atoms with van der Waals surface area (Å²) in [7, 11) is 0. The quantitative estimate of drug-likeness (QED) is 0.681. The van der Waals surface area contributed by atoms with Crippen LogP contribution in [-0.4, -0.2) is 12.6 Å². The monoisotopic (exact) mass is 296 g/mol. The Morgan fingerprint density at radius 1 is 1.00 bits per heavy atom. The molecule has 0 saturated heterocycles. The lowest BCUT2D eigenvalue weighted by atomic mass is 10.0. The summed E-state index contributed by atoms with van der Waals surface area (Å²) in [5, 5.41) is 0. The molecule has 0 aromatic heterocycles. The van der Waals surface area contributed by atoms with Crippen molar-refractivity contribution in [3.63, 3.8) is 0 Å². The van der Waals surface area contributed by atoms with Gasteiger partial charge in [0.2, 0.25) is 0 Å². The van der Waals surface area contributed by atoms with E-state index in [2.05, 4.69) is 26.0 Å². The minimum Gasteiger partial charge on any atom is -0.462 e. The molecule has 2 aromatic rings. The van der Waals surface area contributed by atoms with Gasteiger partial charge in [0.05, 0.1) is 12.2 Å². The predicted octanol–water partition coefficient (Wildman–Crippen LogP) is 4.87. The minimum atomic E-state index is -0.227. The lowest BCUT2D eigenvalue weighted by Gasteiger charge is -2.09. The maximum absolute atomic E-state index is 12.0. The third kappa shape index (κ3) is 5.03. The van der Waals surface area contributed by atoms with Crippen LogP contribution < -0.4 is 0 Å². The third-order valence-corrected chi connectivity index (χ3v) is 3.98. The first-order valence-electron chi connectivity index (χ1n) is 7.99. The van der Waals surface area contributed by atoms with E-state index in [4.69, 9.17) is 4.74 Å². The Bertz CT molecular complexity index is 572. The molecule has 0 heterocycles. The first-order chi connectivity index (χ1) is 10.7. The summed E-state index contributed by atoms with van der Waals surface area (Å²) in [6.45, 7) is 4.82. The summed E-state index contributed by atoms with van der Waals surface area (Å²) in [4.78, 5) is 12.0. The van der Waals surface area contributed by atoms with Gasteiger partial charge in [-0.1, -0.05) is 62.7 Å². The zero-order valence-electron chi connectivity index (χ0n) is 13.4. The highest BCUT2D eigenvalue weighted by atomic mass is 16.5. The van der Waals surface area contributed by atoms with Crippen molar-refractivity contribution in [2.24, 2.45) is 5.92 Å². The maximum Gasteiger partial charge on any atom is 0.338 e. The van der Waals surface area contributed by atoms with Gasteiger partial charge in [0.15, 0.2) is 0 Å². The SMILES string of the molecule is CCC(C)CCOC(=O)c1ccc(Cc2ccccc2)cc1. The number of rotatable bonds is 7. The minimum absolute atomic E-state index is 0.227. The van der Waals surface area contributed by atoms with Gasteiger partial charge in [-0.2, -0.15) is 0 Å². The Balaban J connectivity index is 1.87. The molecule has 0 N–H and O–H groups in total. The Kier molecular flexibility index (Phi) is 6.20. The largest absolute Gasteiger partial charge is 0.462 e. The molecule has 0 saturated carbocycles. The van der Waals surface area contributed by atoms with Crippen LogP contribution in [0.15, 0.2) is 54.6 Å². The summed E-state index contributed by atoms with van der Waals surface area (Å²) in [5.41, 5.74) is 3.09. The second kappa shape index (κ2) is 8.38. The highest BCUT2D eigenvalue weighted by molar-refractivity contribution is 5.89. The van der Waals surface area contributed by atoms with Gasteiger partial charge < -0.3 is 4.74 Å². The van der Waals surface area contributed by atoms with E-state index in [1.54, 1.807) is 0 Å². The molecule has 2 nitrogen and oxygen atoms in total. The van der Waals surface area contributed by atoms with E-state index in [0.29, 0.717) is 18.1 Å². The average Bonchev–Trinajstić information content (AvgIpc) is 2.56. The van der Waals surface area contributed by atoms with E-state index in [1.165, 1.54) is 11.1 Å². The molecule has 2 rings (SSSR count). The molecular weight excluding hydrogens is 272 g/mol. The number of carbonyl (C=O) groups excluding carboxylic acids is 1. The fourth-order valence-electron chi connectivity index (χ4n) is 2.23. The number of hydrogen-bond acceptors (Lipinski definition) is 2. The molecule has 0 aliphatic rings. The summed E-state index contributed by atoms with van der Waals surface area (Å²) in [6, 6.07) is 18.0. The van der Waals surface area contributed by atoms with Crippen LogP contribution in [0.4, 0.5) is 0 Å². The number of hydrogen-bond donors (Lipinski definition) is 0. The molecule has 0 radical (unpaired) electrons. The van der Waals surface area contributed by atoms with Crippen molar-refractivity contribution >= 4 is 5.97 Å². The van der Waals surface area contributed by atoms with Crippen LogP contribution in [0.1, 0.15) is 48.2 Å². The fraction of sp³-hybridized carbons (Fsp3) is 0.350. The number of benzene rings is 2. The molecule has 0 aliphatic carbocycles. The van der Waals surface area contributed by atoms with Crippen molar-refractivity contribution in [3.8, 4) is 0 Å². The van der Waals surface area contributed by atoms with E-state index >= 15 is 0 Å². The van der Waals surface area contributed by atoms with Gasteiger partial charge >= 0.3 is 5.97 Å². The van der Waals surface area contributed by atoms with Gasteiger partial charge in [-0.05, 0) is 42.0 Å². The van der Waals surface area contributed by atoms with Gasteiger partial charge in [-0.3, -0.25) is 0 Å². The first kappa shape index (κ1) is 16.3. The molecular formula is C20H24O2. The molecule has 0 amide bonds. The van der Waals surface area contributed by atoms with Crippen LogP contribution in [0.25, 0.3) is 0 Å². The third-order valence-electron chi connectivity index (χ3n) is 3.98. The summed E-state index contributed by atoms with van der Waals surface area (Å²) >= 11 is 0. The van der Waals surface area contributed by atoms with Crippen LogP contribution in [0.2, 0.25) is 0 Å². The molecule has 116 valence electrons. The summed E-state index contributed by atoms with van der Waals surface area (Å²) in [5.74, 6) is 0.371. The smallest absolute Gasteiger partial charge is 0.338 e. The van der Waals surface area contributed by atoms with E-state index in [9.17, 15) is 4.79 Å². The zero-order valence-corrected chi connectivity index (χ0v) is 13.4. The van der Waals surface area contributed by atoms with E-state index in [0.717, 1.165) is 19.3 Å². The molecule has 0 fully saturated rings. The highest BCUT2D eigenvalue weighted by Crippen LogP contribution is 2.12. The molecule has 2 aromatic carbocycles. The summed E-state index contributed by atoms with van der Waals surface area (Å²) < 4.78 is 5.32. The van der Waals surface area contributed by atoms with Crippen LogP contribution in [0, 0.1) is 5.92 Å². The van der Waals surface area contributed by atoms with E-state index < -0.39 is 0 Å². The van der Waals surface area contributed by atoms with Gasteiger partial charge in [-0.25, -0.2) is 4.79 Å². The first-order valence-corrected chi connectivity index (χ1v) is 7.99. The van der Waals surface area contributed by atoms with E-state index in [-0.39, 0.29) is 5.97 Å². The van der Waals surface area contributed by atoms with Crippen LogP contribution in [-0.2, 0) is 11.2 Å². The van der Waals surface area contributed by atoms with Gasteiger partial charge in [0.1, 0.15) is 0 Å². The topological polar surface area (TPSA) is 26.3 Å². The average molecular weight is 296 g/mol. The van der Waals surface area contributed by atoms with Crippen molar-refractivity contribution in [2.75, 3.05) is 6.61 Å². The molecule has 0 spiro atoms. The standard InChI is InChI=1S/C20H24O2/c1-3-16(2)13-14-22-20(21)19-11-9-18(10-12-19)15-17-7-5-4-6-8-17/h4-12,16H,3,13-15H2,1-2H3. The van der Waals surface area contributed by atoms with Gasteiger partial charge in [-0.15, -0.1) is 0 Å². The Hall–Kier alpha value is -2.09. The maximum atomic E-state index is 12.0. The Labute approximate surface area is 133 Å². The summed E-state index contributed by atoms with van der Waals surface area (Å²) in [6.07, 6.45) is 2.92. The second-order valence-electron chi connectivity index (χ2n) is 5.80. The molecule has 1 unspecified atom stereocenters. The second-order valence-corrected chi connectivity index (χ2v) is 5.80. The zero-order chi connectivity index (χ0) is 15.8. The van der Waals surface area contributed by atoms with Crippen molar-refractivity contribution in [2.45, 2.75) is 33.1 Å². The Morgan fingerprint density at radius 2 is 1.64 bits per heavy atom. The Morgan fingerprint density at radius 3 is 2.27 bits per heavy atom. The lowest BCUT2D eigenvalue weighted by Crippen LogP contribution is -2.08. The molecule has 22 heavy (non-hydrogen) atoms. The van der Waals surface area contributed by atoms with E-state index in [1.807, 2.05) is 42.5 Å². The van der Waals surface area contributed by atoms with Crippen LogP contribution >= 0.6 is 0 Å². The molecule has 2 heteroatoms. The molecule has 0 aliphatic heterocycles. The predicted molar refractivity (Wildman–Crippen MR) is 90.0 cm³/mol. The fourth-order valence-corrected chi connectivity index (χ4v) is 2.23. The normalized spacial score (nSPS) is 11.9. The van der Waals surface area contributed by atoms with Crippen LogP contribution in [0.5, 0.6) is 0 Å². The van der Waals surface area contributed by atoms with Crippen LogP contribution in [0.3, 0.4) is 0 Å². The molecule has 1 atom stereocenters. The van der Waals surface area contributed by atoms with Crippen molar-refractivity contribution in [1.29, 1.82) is 0 Å². The van der Waals surface area contributed by atoms with Crippen molar-refractivity contribution < 1.29 is 9.53 Å². The van der Waals surface area contributed by atoms with Gasteiger partial charge in [0.25, 0.3) is 0 Å². The number of esters is 1. The number of carbonyl (C=O) groups is 1. The van der Waals surface area contributed by atoms with Crippen molar-refractivity contribution in [1.82, 2.24) is 0 Å². The highest BCUT2D eigenvalue weighted by Gasteiger charge is 2.08. The number of ether oxygens (including phenoxy) is 1. The van der Waals surface area contributed by atoms with Crippen molar-refractivity contribution in [3.05, 3.63) is 71.3 Å². The van der Waals surface area contributed by atoms with Gasteiger partial charge in [0, 0.05) is 0 Å². The lowest BCUT2D eigenvalue weighted by molar-refractivity contribution is 0.0485. The molecule has 0 bridgehead atoms.